The van der Waals surface area contributed by atoms with Crippen LogP contribution in [0.25, 0.3) is 10.8 Å². The number of amides is 4. The van der Waals surface area contributed by atoms with Crippen molar-refractivity contribution in [2.24, 2.45) is 5.92 Å². The standard InChI is InChI=1S/C42H50N8O7/c1-25(43-2)38(51)46-37(29-9-4-3-5-10-29)41(54)49-23-32-21-36(49)40(53)44-34(20-27-12-15-28-8-6-7-11-30(28)18-27)39(52)45-35(42(55)56)19-26-13-16-33(17-14-26)57-24-31-22-50(32)48-47-31/h6-8,11-18,22,25,29,32,34-37,43H,3-5,9-10,19-21,23-24H2,1-2H3,(H,44,53)(H,45,52)(H,46,51)(H,55,56). The fourth-order valence-electron chi connectivity index (χ4n) is 8.16. The number of benzene rings is 3. The van der Waals surface area contributed by atoms with Crippen molar-refractivity contribution in [1.82, 2.24) is 41.2 Å². The van der Waals surface area contributed by atoms with Gasteiger partial charge in [0, 0.05) is 25.8 Å². The molecule has 3 aliphatic heterocycles. The molecule has 1 saturated carbocycles. The summed E-state index contributed by atoms with van der Waals surface area (Å²) in [6.45, 7) is 1.92. The van der Waals surface area contributed by atoms with E-state index >= 15 is 0 Å². The number of likely N-dealkylation sites (tertiary alicyclic amines) is 1. The molecule has 6 bridgehead atoms. The molecule has 2 fully saturated rings. The molecule has 8 rings (SSSR count). The maximum atomic E-state index is 14.8. The number of hydrogen-bond acceptors (Lipinski definition) is 9. The molecule has 4 aliphatic rings. The third-order valence-corrected chi connectivity index (χ3v) is 11.6. The number of fused-ring (bicyclic) bond motifs is 10. The van der Waals surface area contributed by atoms with Crippen LogP contribution in [-0.2, 0) is 43.4 Å². The quantitative estimate of drug-likeness (QED) is 0.177. The van der Waals surface area contributed by atoms with E-state index in [4.69, 9.17) is 4.74 Å². The molecule has 15 nitrogen and oxygen atoms in total. The third-order valence-electron chi connectivity index (χ3n) is 11.6. The fraction of sp³-hybridized carbons (Fsp3) is 0.452. The number of aliphatic carboxylic acids is 1. The lowest BCUT2D eigenvalue weighted by Gasteiger charge is -2.35. The van der Waals surface area contributed by atoms with Gasteiger partial charge in [0.25, 0.3) is 0 Å². The Hall–Kier alpha value is -5.83. The number of hydrogen-bond donors (Lipinski definition) is 5. The summed E-state index contributed by atoms with van der Waals surface area (Å²) in [7, 11) is 1.68. The second kappa shape index (κ2) is 17.5. The van der Waals surface area contributed by atoms with Crippen molar-refractivity contribution >= 4 is 40.4 Å². The summed E-state index contributed by atoms with van der Waals surface area (Å²) in [6.07, 6.45) is 6.34. The summed E-state index contributed by atoms with van der Waals surface area (Å²) in [6, 6.07) is 15.0. The van der Waals surface area contributed by atoms with Crippen LogP contribution >= 0.6 is 0 Å². The van der Waals surface area contributed by atoms with Gasteiger partial charge < -0.3 is 36.0 Å². The van der Waals surface area contributed by atoms with E-state index < -0.39 is 54.0 Å². The molecule has 3 aromatic carbocycles. The summed E-state index contributed by atoms with van der Waals surface area (Å²) < 4.78 is 7.59. The van der Waals surface area contributed by atoms with Crippen LogP contribution in [0.3, 0.4) is 0 Å². The predicted molar refractivity (Wildman–Crippen MR) is 210 cm³/mol. The first kappa shape index (κ1) is 39.4. The van der Waals surface area contributed by atoms with Gasteiger partial charge in [0.15, 0.2) is 0 Å². The second-order valence-corrected chi connectivity index (χ2v) is 15.5. The van der Waals surface area contributed by atoms with Gasteiger partial charge in [0.1, 0.15) is 42.2 Å². The first-order valence-corrected chi connectivity index (χ1v) is 19.8. The number of likely N-dealkylation sites (N-methyl/N-ethyl adjacent to an activating group) is 1. The van der Waals surface area contributed by atoms with Crippen molar-refractivity contribution in [2.75, 3.05) is 13.6 Å². The highest BCUT2D eigenvalue weighted by Crippen LogP contribution is 2.33. The fourth-order valence-corrected chi connectivity index (χ4v) is 8.16. The van der Waals surface area contributed by atoms with Gasteiger partial charge >= 0.3 is 5.97 Å². The van der Waals surface area contributed by atoms with Crippen LogP contribution in [0.4, 0.5) is 0 Å². The molecule has 0 spiro atoms. The van der Waals surface area contributed by atoms with Crippen LogP contribution < -0.4 is 26.0 Å². The number of carbonyl (C=O) groups is 5. The van der Waals surface area contributed by atoms with E-state index in [9.17, 15) is 29.1 Å². The molecular formula is C42H50N8O7. The van der Waals surface area contributed by atoms with Crippen LogP contribution in [0.1, 0.15) is 68.3 Å². The molecule has 0 radical (unpaired) electrons. The lowest BCUT2D eigenvalue weighted by Crippen LogP contribution is -2.60. The zero-order valence-electron chi connectivity index (χ0n) is 32.2. The summed E-state index contributed by atoms with van der Waals surface area (Å²) in [4.78, 5) is 71.0. The van der Waals surface area contributed by atoms with Crippen molar-refractivity contribution in [1.29, 1.82) is 0 Å². The highest BCUT2D eigenvalue weighted by molar-refractivity contribution is 5.96. The molecule has 1 saturated heterocycles. The van der Waals surface area contributed by atoms with Crippen LogP contribution in [-0.4, -0.2) is 98.4 Å². The zero-order valence-corrected chi connectivity index (χ0v) is 32.2. The van der Waals surface area contributed by atoms with Gasteiger partial charge in [-0.3, -0.25) is 19.2 Å². The molecule has 15 heteroatoms. The molecule has 4 aromatic rings. The molecular weight excluding hydrogens is 729 g/mol. The van der Waals surface area contributed by atoms with Crippen LogP contribution in [0.5, 0.6) is 5.75 Å². The molecule has 1 aromatic heterocycles. The SMILES string of the molecule is CNC(C)C(=O)NC(C(=O)N1CC2CC1C(=O)NC(Cc1ccc3ccccc3c1)C(=O)NC(C(=O)O)Cc1ccc(cc1)OCc1cn2nn1)C1CCCCC1. The molecule has 6 atom stereocenters. The van der Waals surface area contributed by atoms with Crippen LogP contribution in [0.15, 0.2) is 72.9 Å². The van der Waals surface area contributed by atoms with E-state index in [0.29, 0.717) is 17.0 Å². The Morgan fingerprint density at radius 3 is 2.46 bits per heavy atom. The van der Waals surface area contributed by atoms with E-state index in [2.05, 4.69) is 31.6 Å². The predicted octanol–water partition coefficient (Wildman–Crippen LogP) is 2.68. The highest BCUT2D eigenvalue weighted by Gasteiger charge is 2.46. The van der Waals surface area contributed by atoms with Gasteiger partial charge in [-0.15, -0.1) is 5.10 Å². The Balaban J connectivity index is 1.25. The summed E-state index contributed by atoms with van der Waals surface area (Å²) in [5.74, 6) is -2.77. The van der Waals surface area contributed by atoms with E-state index in [-0.39, 0.29) is 50.1 Å². The van der Waals surface area contributed by atoms with Crippen molar-refractivity contribution in [2.45, 2.75) is 101 Å². The van der Waals surface area contributed by atoms with E-state index in [0.717, 1.165) is 48.4 Å². The second-order valence-electron chi connectivity index (χ2n) is 15.5. The van der Waals surface area contributed by atoms with Crippen LogP contribution in [0.2, 0.25) is 0 Å². The number of rotatable bonds is 8. The number of carbonyl (C=O) groups excluding carboxylic acids is 4. The number of carboxylic acid groups (broad SMARTS) is 1. The van der Waals surface area contributed by atoms with Crippen LogP contribution in [0, 0.1) is 5.92 Å². The molecule has 4 amide bonds. The Labute approximate surface area is 330 Å². The lowest BCUT2D eigenvalue weighted by molar-refractivity contribution is -0.144. The van der Waals surface area contributed by atoms with E-state index in [1.165, 1.54) is 4.90 Å². The molecule has 4 heterocycles. The van der Waals surface area contributed by atoms with Crippen molar-refractivity contribution < 1.29 is 33.8 Å². The Morgan fingerprint density at radius 2 is 1.72 bits per heavy atom. The summed E-state index contributed by atoms with van der Waals surface area (Å²) >= 11 is 0. The lowest BCUT2D eigenvalue weighted by atomic mass is 9.83. The Morgan fingerprint density at radius 1 is 0.965 bits per heavy atom. The number of ether oxygens (including phenoxy) is 1. The van der Waals surface area contributed by atoms with E-state index in [1.54, 1.807) is 49.1 Å². The highest BCUT2D eigenvalue weighted by atomic mass is 16.5. The van der Waals surface area contributed by atoms with Crippen molar-refractivity contribution in [3.8, 4) is 5.75 Å². The largest absolute Gasteiger partial charge is 0.487 e. The van der Waals surface area contributed by atoms with Gasteiger partial charge in [-0.25, -0.2) is 9.48 Å². The van der Waals surface area contributed by atoms with Gasteiger partial charge in [-0.05, 0) is 66.8 Å². The molecule has 1 aliphatic carbocycles. The van der Waals surface area contributed by atoms with Gasteiger partial charge in [-0.1, -0.05) is 79.1 Å². The summed E-state index contributed by atoms with van der Waals surface area (Å²) in [5.41, 5.74) is 1.94. The molecule has 300 valence electrons. The number of nitrogens with zero attached hydrogens (tertiary/aromatic N) is 4. The third kappa shape index (κ3) is 9.25. The number of aromatic nitrogens is 3. The first-order valence-electron chi connectivity index (χ1n) is 19.8. The first-order chi connectivity index (χ1) is 27.6. The maximum absolute atomic E-state index is 14.8. The minimum atomic E-state index is -1.30. The smallest absolute Gasteiger partial charge is 0.326 e. The Kier molecular flexibility index (Phi) is 12.1. The van der Waals surface area contributed by atoms with Gasteiger partial charge in [-0.2, -0.15) is 0 Å². The van der Waals surface area contributed by atoms with Crippen molar-refractivity contribution in [3.05, 3.63) is 89.7 Å². The average molecular weight is 779 g/mol. The number of carboxylic acids is 1. The average Bonchev–Trinajstić information content (AvgIpc) is 3.89. The topological polar surface area (TPSA) is 197 Å². The van der Waals surface area contributed by atoms with Crippen molar-refractivity contribution in [3.63, 3.8) is 0 Å². The minimum absolute atomic E-state index is 0.0145. The normalized spacial score (nSPS) is 22.9. The monoisotopic (exact) mass is 778 g/mol. The zero-order chi connectivity index (χ0) is 40.1. The number of nitrogens with one attached hydrogen (secondary N) is 4. The molecule has 5 N–H and O–H groups in total. The summed E-state index contributed by atoms with van der Waals surface area (Å²) in [5, 5.41) is 32.4. The molecule has 6 unspecified atom stereocenters. The Bertz CT molecular complexity index is 2100. The molecule has 57 heavy (non-hydrogen) atoms. The van der Waals surface area contributed by atoms with Gasteiger partial charge in [0.05, 0.1) is 18.3 Å². The van der Waals surface area contributed by atoms with E-state index in [1.807, 2.05) is 42.5 Å². The maximum Gasteiger partial charge on any atom is 0.326 e. The minimum Gasteiger partial charge on any atom is -0.487 e. The van der Waals surface area contributed by atoms with Gasteiger partial charge in [0.2, 0.25) is 23.6 Å².